The molecule has 0 aliphatic rings. The smallest absolute Gasteiger partial charge is 0.0654 e. The minimum absolute atomic E-state index is 0.202. The van der Waals surface area contributed by atoms with Gasteiger partial charge in [0.15, 0.2) is 0 Å². The topological polar surface area (TPSA) is 114 Å². The van der Waals surface area contributed by atoms with Crippen LogP contribution in [0.1, 0.15) is 324 Å². The Morgan fingerprint density at radius 3 is 0.582 bits per heavy atom. The summed E-state index contributed by atoms with van der Waals surface area (Å²) in [6.07, 6.45) is 43.9. The summed E-state index contributed by atoms with van der Waals surface area (Å²) in [5.41, 5.74) is 0. The fourth-order valence-corrected chi connectivity index (χ4v) is 38.3. The zero-order chi connectivity index (χ0) is 49.4. The standard InChI is InChI=1S/4C12H24O2.2C4H9.O.2Sn/c4*1-2-3-4-5-6-7-8-9-10-11-12(13)14;2*1-3-4-2;;;/h4*2-11H2,1H3,(H,13,14);2*1,3-4H2,2H3;;;/q;;;;;;;2*+2/p-4. The van der Waals surface area contributed by atoms with Crippen LogP contribution in [-0.4, -0.2) is 63.1 Å². The van der Waals surface area contributed by atoms with Gasteiger partial charge in [-0.25, -0.2) is 0 Å². The maximum absolute atomic E-state index is 14.0. The van der Waals surface area contributed by atoms with Crippen molar-refractivity contribution in [2.45, 2.75) is 333 Å². The first-order valence-electron chi connectivity index (χ1n) is 29.2. The first kappa shape index (κ1) is 66.4. The monoisotopic (exact) mass is 1170 g/mol. The summed E-state index contributed by atoms with van der Waals surface area (Å²) >= 11 is -10.6. The molecule has 0 N–H and O–H groups in total. The van der Waals surface area contributed by atoms with Gasteiger partial charge in [0.2, 0.25) is 0 Å². The SMILES string of the molecule is CCCCCCCCCCCC(=O)[O][Sn]([CH2]CCC)([O]C(=O)CCCCCCCCCCC)[O][Sn]([CH2]CCC)([O]C(=O)CCCCCCCCCCC)[O]C(=O)CCCCCCCCCCC. The van der Waals surface area contributed by atoms with E-state index in [0.29, 0.717) is 38.5 Å². The van der Waals surface area contributed by atoms with Gasteiger partial charge in [0.05, 0.1) is 0 Å². The minimum atomic E-state index is -5.30. The van der Waals surface area contributed by atoms with E-state index in [0.717, 1.165) is 89.9 Å². The third-order valence-corrected chi connectivity index (χ3v) is 38.3. The third kappa shape index (κ3) is 41.7. The first-order chi connectivity index (χ1) is 32.6. The fraction of sp³-hybridized carbons (Fsp3) is 0.929. The summed E-state index contributed by atoms with van der Waals surface area (Å²) in [4.78, 5) is 55.8. The second-order valence-electron chi connectivity index (χ2n) is 19.9. The Kier molecular flexibility index (Phi) is 48.6. The van der Waals surface area contributed by atoms with E-state index < -0.39 is 63.1 Å². The van der Waals surface area contributed by atoms with Crippen molar-refractivity contribution in [3.05, 3.63) is 0 Å². The van der Waals surface area contributed by atoms with E-state index in [9.17, 15) is 19.2 Å². The van der Waals surface area contributed by atoms with Crippen LogP contribution in [0.2, 0.25) is 8.87 Å². The molecule has 0 bridgehead atoms. The molecule has 0 saturated carbocycles. The molecule has 0 amide bonds. The molecule has 0 spiro atoms. The minimum Gasteiger partial charge on any atom is -0.0654 e. The van der Waals surface area contributed by atoms with Gasteiger partial charge in [-0.05, 0) is 0 Å². The molecule has 67 heavy (non-hydrogen) atoms. The number of rotatable bonds is 52. The zero-order valence-corrected chi connectivity index (χ0v) is 50.9. The molecule has 0 radical (unpaired) electrons. The first-order valence-corrected chi connectivity index (χ1v) is 40.2. The Hall–Kier alpha value is -0.563. The molecule has 0 unspecified atom stereocenters. The predicted octanol–water partition coefficient (Wildman–Crippen LogP) is 18.3. The third-order valence-electron chi connectivity index (χ3n) is 13.0. The van der Waals surface area contributed by atoms with Gasteiger partial charge in [0.25, 0.3) is 0 Å². The Balaban J connectivity index is 6.43. The van der Waals surface area contributed by atoms with E-state index >= 15 is 0 Å². The van der Waals surface area contributed by atoms with Gasteiger partial charge in [-0.2, -0.15) is 0 Å². The van der Waals surface area contributed by atoms with Gasteiger partial charge in [0, 0.05) is 0 Å². The van der Waals surface area contributed by atoms with Crippen LogP contribution in [0.25, 0.3) is 0 Å². The Bertz CT molecular complexity index is 994. The molecular weight excluding hydrogens is 1050 g/mol. The van der Waals surface area contributed by atoms with E-state index in [1.54, 1.807) is 0 Å². The molecule has 0 rings (SSSR count). The van der Waals surface area contributed by atoms with Gasteiger partial charge in [-0.3, -0.25) is 0 Å². The summed E-state index contributed by atoms with van der Waals surface area (Å²) < 4.78 is 33.6. The van der Waals surface area contributed by atoms with Crippen molar-refractivity contribution in [2.75, 3.05) is 0 Å². The van der Waals surface area contributed by atoms with Crippen molar-refractivity contribution < 1.29 is 32.9 Å². The van der Waals surface area contributed by atoms with E-state index in [1.165, 1.54) is 128 Å². The van der Waals surface area contributed by atoms with E-state index in [2.05, 4.69) is 41.5 Å². The molecule has 0 saturated heterocycles. The van der Waals surface area contributed by atoms with Crippen molar-refractivity contribution in [1.29, 1.82) is 0 Å². The van der Waals surface area contributed by atoms with Crippen LogP contribution < -0.4 is 0 Å². The van der Waals surface area contributed by atoms with Gasteiger partial charge in [-0.15, -0.1) is 0 Å². The second kappa shape index (κ2) is 49.0. The van der Waals surface area contributed by atoms with Crippen molar-refractivity contribution in [2.24, 2.45) is 0 Å². The molecule has 0 aliphatic carbocycles. The van der Waals surface area contributed by atoms with Gasteiger partial charge in [-0.1, -0.05) is 27.7 Å². The predicted molar refractivity (Wildman–Crippen MR) is 284 cm³/mol. The number of unbranched alkanes of at least 4 members (excludes halogenated alkanes) is 34. The van der Waals surface area contributed by atoms with Crippen LogP contribution in [-0.2, 0) is 32.9 Å². The number of hydrogen-bond acceptors (Lipinski definition) is 9. The quantitative estimate of drug-likeness (QED) is 0.0434. The van der Waals surface area contributed by atoms with E-state index in [4.69, 9.17) is 13.7 Å². The normalized spacial score (nSPS) is 11.8. The molecule has 0 fully saturated rings. The average Bonchev–Trinajstić information content (AvgIpc) is 3.30. The van der Waals surface area contributed by atoms with Gasteiger partial charge >= 0.3 is 401 Å². The molecule has 0 heterocycles. The molecule has 11 heteroatoms. The molecule has 0 aromatic carbocycles. The van der Waals surface area contributed by atoms with Crippen molar-refractivity contribution in [3.63, 3.8) is 0 Å². The Morgan fingerprint density at radius 2 is 0.403 bits per heavy atom. The number of hydrogen-bond donors (Lipinski definition) is 0. The van der Waals surface area contributed by atoms with Gasteiger partial charge in [0.1, 0.15) is 0 Å². The second-order valence-corrected chi connectivity index (χ2v) is 37.4. The van der Waals surface area contributed by atoms with Gasteiger partial charge < -0.3 is 0 Å². The van der Waals surface area contributed by atoms with Crippen molar-refractivity contribution in [3.8, 4) is 0 Å². The molecule has 9 nitrogen and oxygen atoms in total. The maximum atomic E-state index is 14.0. The molecule has 0 aromatic heterocycles. The summed E-state index contributed by atoms with van der Waals surface area (Å²) in [5.74, 6) is -1.71. The molecule has 0 aromatic rings. The molecular formula is C56H110O9Sn2. The van der Waals surface area contributed by atoms with Crippen molar-refractivity contribution >= 4 is 63.1 Å². The molecule has 396 valence electrons. The summed E-state index contributed by atoms with van der Waals surface area (Å²) in [6, 6.07) is 0. The molecule has 0 atom stereocenters. The molecule has 0 aliphatic heterocycles. The van der Waals surface area contributed by atoms with Crippen molar-refractivity contribution in [1.82, 2.24) is 0 Å². The summed E-state index contributed by atoms with van der Waals surface area (Å²) in [6.45, 7) is 13.0. The Labute approximate surface area is 426 Å². The average molecular weight is 1160 g/mol. The summed E-state index contributed by atoms with van der Waals surface area (Å²) in [5, 5.41) is 0. The summed E-state index contributed by atoms with van der Waals surface area (Å²) in [7, 11) is 0. The van der Waals surface area contributed by atoms with Crippen LogP contribution in [0.3, 0.4) is 0 Å². The fourth-order valence-electron chi connectivity index (χ4n) is 8.67. The van der Waals surface area contributed by atoms with Crippen LogP contribution >= 0.6 is 0 Å². The number of carbonyl (C=O) groups excluding carboxylic acids is 4. The van der Waals surface area contributed by atoms with Crippen LogP contribution in [0.4, 0.5) is 0 Å². The van der Waals surface area contributed by atoms with Crippen LogP contribution in [0.5, 0.6) is 0 Å². The van der Waals surface area contributed by atoms with E-state index in [-0.39, 0.29) is 34.6 Å². The van der Waals surface area contributed by atoms with Crippen LogP contribution in [0, 0.1) is 0 Å². The number of carbonyl (C=O) groups is 4. The Morgan fingerprint density at radius 1 is 0.239 bits per heavy atom. The zero-order valence-electron chi connectivity index (χ0n) is 45.2. The van der Waals surface area contributed by atoms with E-state index in [1.807, 2.05) is 0 Å². The van der Waals surface area contributed by atoms with Crippen LogP contribution in [0.15, 0.2) is 0 Å².